The third-order valence-corrected chi connectivity index (χ3v) is 5.59. The second kappa shape index (κ2) is 8.67. The topological polar surface area (TPSA) is 54.8 Å². The van der Waals surface area contributed by atoms with Crippen LogP contribution in [-0.2, 0) is 4.74 Å². The van der Waals surface area contributed by atoms with Crippen LogP contribution >= 0.6 is 22.9 Å². The zero-order chi connectivity index (χ0) is 17.6. The van der Waals surface area contributed by atoms with E-state index in [1.54, 1.807) is 35.6 Å². The molecule has 1 aromatic carbocycles. The summed E-state index contributed by atoms with van der Waals surface area (Å²) in [6.45, 7) is 5.50. The highest BCUT2D eigenvalue weighted by Crippen LogP contribution is 2.20. The minimum absolute atomic E-state index is 0.000879. The molecule has 134 valence electrons. The number of benzene rings is 1. The lowest BCUT2D eigenvalue weighted by Crippen LogP contribution is -3.15. The Labute approximate surface area is 156 Å². The van der Waals surface area contributed by atoms with Crippen molar-refractivity contribution in [3.8, 4) is 0 Å². The van der Waals surface area contributed by atoms with E-state index in [9.17, 15) is 4.79 Å². The van der Waals surface area contributed by atoms with Crippen LogP contribution < -0.4 is 15.5 Å². The number of halogens is 1. The summed E-state index contributed by atoms with van der Waals surface area (Å²) in [6.07, 6.45) is 0. The number of hydrogen-bond donors (Lipinski definition) is 3. The van der Waals surface area contributed by atoms with E-state index in [0.717, 1.165) is 32.0 Å². The van der Waals surface area contributed by atoms with E-state index in [1.165, 1.54) is 9.78 Å². The average Bonchev–Trinajstić information content (AvgIpc) is 3.12. The first-order chi connectivity index (χ1) is 12.1. The number of amides is 2. The fourth-order valence-electron chi connectivity index (χ4n) is 3.20. The van der Waals surface area contributed by atoms with E-state index >= 15 is 0 Å². The van der Waals surface area contributed by atoms with Crippen LogP contribution in [0.15, 0.2) is 41.8 Å². The van der Waals surface area contributed by atoms with Crippen molar-refractivity contribution in [2.24, 2.45) is 0 Å². The number of hydrogen-bond acceptors (Lipinski definition) is 3. The molecule has 0 unspecified atom stereocenters. The van der Waals surface area contributed by atoms with Gasteiger partial charge in [0.25, 0.3) is 0 Å². The van der Waals surface area contributed by atoms with Crippen molar-refractivity contribution in [1.82, 2.24) is 5.32 Å². The zero-order valence-corrected chi connectivity index (χ0v) is 15.7. The first-order valence-corrected chi connectivity index (χ1v) is 9.68. The number of rotatable bonds is 5. The molecule has 0 bridgehead atoms. The molecule has 0 saturated carbocycles. The summed E-state index contributed by atoms with van der Waals surface area (Å²) < 4.78 is 5.49. The van der Waals surface area contributed by atoms with E-state index < -0.39 is 0 Å². The Morgan fingerprint density at radius 2 is 1.96 bits per heavy atom. The molecule has 1 aliphatic heterocycles. The number of quaternary nitrogens is 1. The van der Waals surface area contributed by atoms with Gasteiger partial charge >= 0.3 is 6.03 Å². The van der Waals surface area contributed by atoms with Crippen LogP contribution in [0, 0.1) is 0 Å². The van der Waals surface area contributed by atoms with E-state index in [0.29, 0.717) is 5.02 Å². The summed E-state index contributed by atoms with van der Waals surface area (Å²) in [4.78, 5) is 15.1. The maximum absolute atomic E-state index is 12.4. The average molecular weight is 381 g/mol. The Morgan fingerprint density at radius 1 is 1.24 bits per heavy atom. The highest BCUT2D eigenvalue weighted by Gasteiger charge is 2.33. The maximum Gasteiger partial charge on any atom is 0.319 e. The molecule has 0 radical (unpaired) electrons. The van der Waals surface area contributed by atoms with Crippen LogP contribution in [0.2, 0.25) is 5.02 Å². The van der Waals surface area contributed by atoms with Gasteiger partial charge in [0.2, 0.25) is 0 Å². The van der Waals surface area contributed by atoms with Crippen molar-refractivity contribution in [1.29, 1.82) is 0 Å². The number of morpholine rings is 1. The van der Waals surface area contributed by atoms with Gasteiger partial charge in [-0.2, -0.15) is 0 Å². The molecular formula is C18H23ClN3O2S+. The molecule has 7 heteroatoms. The SMILES string of the molecule is C[C@@H](NC(=O)Nc1ccc(Cl)cc1)[C@@H](c1cccs1)[NH+]1CCOCC1. The molecule has 1 fully saturated rings. The molecule has 2 heterocycles. The van der Waals surface area contributed by atoms with Crippen LogP contribution in [0.1, 0.15) is 17.8 Å². The Bertz CT molecular complexity index is 672. The smallest absolute Gasteiger partial charge is 0.319 e. The van der Waals surface area contributed by atoms with Crippen LogP contribution in [0.4, 0.5) is 10.5 Å². The predicted molar refractivity (Wildman–Crippen MR) is 102 cm³/mol. The van der Waals surface area contributed by atoms with Gasteiger partial charge in [0, 0.05) is 10.7 Å². The first kappa shape index (κ1) is 18.2. The van der Waals surface area contributed by atoms with Gasteiger partial charge in [0.15, 0.2) is 0 Å². The normalized spacial score (nSPS) is 17.7. The Kier molecular flexibility index (Phi) is 6.31. The van der Waals surface area contributed by atoms with Gasteiger partial charge < -0.3 is 20.3 Å². The lowest BCUT2D eigenvalue weighted by Gasteiger charge is -2.34. The van der Waals surface area contributed by atoms with E-state index in [4.69, 9.17) is 16.3 Å². The minimum Gasteiger partial charge on any atom is -0.370 e. The van der Waals surface area contributed by atoms with Crippen molar-refractivity contribution < 1.29 is 14.4 Å². The summed E-state index contributed by atoms with van der Waals surface area (Å²) in [7, 11) is 0. The summed E-state index contributed by atoms with van der Waals surface area (Å²) in [5, 5.41) is 8.69. The number of carbonyl (C=O) groups is 1. The van der Waals surface area contributed by atoms with Gasteiger partial charge in [0.1, 0.15) is 19.1 Å². The second-order valence-corrected chi connectivity index (χ2v) is 7.57. The van der Waals surface area contributed by atoms with Crippen molar-refractivity contribution in [2.45, 2.75) is 19.0 Å². The molecule has 1 aromatic heterocycles. The summed E-state index contributed by atoms with van der Waals surface area (Å²) in [5.74, 6) is 0. The third kappa shape index (κ3) is 4.95. The quantitative estimate of drug-likeness (QED) is 0.746. The summed E-state index contributed by atoms with van der Waals surface area (Å²) >= 11 is 7.61. The fraction of sp³-hybridized carbons (Fsp3) is 0.389. The monoisotopic (exact) mass is 380 g/mol. The number of nitrogens with one attached hydrogen (secondary N) is 3. The number of ether oxygens (including phenoxy) is 1. The van der Waals surface area contributed by atoms with Crippen molar-refractivity contribution in [2.75, 3.05) is 31.6 Å². The largest absolute Gasteiger partial charge is 0.370 e. The number of carbonyl (C=O) groups excluding carboxylic acids is 1. The molecule has 3 rings (SSSR count). The van der Waals surface area contributed by atoms with Crippen LogP contribution in [0.5, 0.6) is 0 Å². The molecule has 2 atom stereocenters. The molecule has 0 spiro atoms. The third-order valence-electron chi connectivity index (χ3n) is 4.39. The van der Waals surface area contributed by atoms with Gasteiger partial charge in [-0.3, -0.25) is 0 Å². The van der Waals surface area contributed by atoms with Gasteiger partial charge in [-0.1, -0.05) is 17.7 Å². The predicted octanol–water partition coefficient (Wildman–Crippen LogP) is 2.57. The van der Waals surface area contributed by atoms with Crippen molar-refractivity contribution >= 4 is 34.7 Å². The highest BCUT2D eigenvalue weighted by atomic mass is 35.5. The number of urea groups is 1. The second-order valence-electron chi connectivity index (χ2n) is 6.16. The Hall–Kier alpha value is -1.60. The van der Waals surface area contributed by atoms with Crippen LogP contribution in [0.25, 0.3) is 0 Å². The van der Waals surface area contributed by atoms with Crippen molar-refractivity contribution in [3.63, 3.8) is 0 Å². The first-order valence-electron chi connectivity index (χ1n) is 8.42. The fourth-order valence-corrected chi connectivity index (χ4v) is 4.32. The molecule has 2 aromatic rings. The van der Waals surface area contributed by atoms with Gasteiger partial charge in [-0.25, -0.2) is 4.79 Å². The highest BCUT2D eigenvalue weighted by molar-refractivity contribution is 7.10. The maximum atomic E-state index is 12.4. The molecule has 2 amide bonds. The number of thiophene rings is 1. The molecular weight excluding hydrogens is 358 g/mol. The summed E-state index contributed by atoms with van der Waals surface area (Å²) in [5.41, 5.74) is 0.723. The number of anilines is 1. The molecule has 5 nitrogen and oxygen atoms in total. The molecule has 1 aliphatic rings. The van der Waals surface area contributed by atoms with E-state index in [1.807, 2.05) is 0 Å². The zero-order valence-electron chi connectivity index (χ0n) is 14.1. The molecule has 1 saturated heterocycles. The summed E-state index contributed by atoms with van der Waals surface area (Å²) in [6, 6.07) is 11.3. The molecule has 3 N–H and O–H groups in total. The lowest BCUT2D eigenvalue weighted by molar-refractivity contribution is -0.939. The standard InChI is InChI=1S/C18H22ClN3O2S/c1-13(20-18(23)21-15-6-4-14(19)5-7-15)17(16-3-2-12-25-16)22-8-10-24-11-9-22/h2-7,12-13,17H,8-11H2,1H3,(H2,20,21,23)/p+1/t13-,17+/m1/s1. The molecule has 0 aliphatic carbocycles. The van der Waals surface area contributed by atoms with Gasteiger partial charge in [-0.05, 0) is 42.6 Å². The van der Waals surface area contributed by atoms with Crippen molar-refractivity contribution in [3.05, 3.63) is 51.7 Å². The minimum atomic E-state index is -0.205. The lowest BCUT2D eigenvalue weighted by atomic mass is 10.1. The molecule has 25 heavy (non-hydrogen) atoms. The van der Waals surface area contributed by atoms with E-state index in [-0.39, 0.29) is 18.1 Å². The Balaban J connectivity index is 1.66. The Morgan fingerprint density at radius 3 is 2.60 bits per heavy atom. The van der Waals surface area contributed by atoms with Crippen LogP contribution in [0.3, 0.4) is 0 Å². The van der Waals surface area contributed by atoms with E-state index in [2.05, 4.69) is 35.1 Å². The van der Waals surface area contributed by atoms with Gasteiger partial charge in [-0.15, -0.1) is 11.3 Å². The van der Waals surface area contributed by atoms with Crippen LogP contribution in [-0.4, -0.2) is 38.4 Å². The van der Waals surface area contributed by atoms with Gasteiger partial charge in [0.05, 0.1) is 24.1 Å².